The fourth-order valence-electron chi connectivity index (χ4n) is 4.64. The second-order valence-electron chi connectivity index (χ2n) is 11.9. The number of amides is 3. The number of aryl methyl sites for hydroxylation is 1. The molecule has 1 heterocycles. The molecule has 1 aromatic rings. The van der Waals surface area contributed by atoms with Crippen molar-refractivity contribution in [2.24, 2.45) is 7.05 Å². The molecule has 0 aromatic carbocycles. The molecular weight excluding hydrogens is 506 g/mol. The molecule has 0 aliphatic rings. The Morgan fingerprint density at radius 2 is 1.48 bits per heavy atom. The molecule has 9 nitrogen and oxygen atoms in total. The van der Waals surface area contributed by atoms with Crippen LogP contribution in [-0.4, -0.2) is 75.8 Å². The van der Waals surface area contributed by atoms with Crippen molar-refractivity contribution in [3.63, 3.8) is 0 Å². The zero-order chi connectivity index (χ0) is 29.6. The Labute approximate surface area is 243 Å². The minimum Gasteiger partial charge on any atom is -0.464 e. The minimum absolute atomic E-state index is 0.0734. The molecule has 228 valence electrons. The number of nitrogens with one attached hydrogen (secondary N) is 3. The van der Waals surface area contributed by atoms with Crippen molar-refractivity contribution < 1.29 is 28.2 Å². The summed E-state index contributed by atoms with van der Waals surface area (Å²) in [7, 11) is 7.90. The molecule has 0 spiro atoms. The highest BCUT2D eigenvalue weighted by Crippen LogP contribution is 2.11. The summed E-state index contributed by atoms with van der Waals surface area (Å²) in [5.74, 6) is -0.623. The highest BCUT2D eigenvalue weighted by Gasteiger charge is 2.23. The van der Waals surface area contributed by atoms with Crippen LogP contribution in [0.15, 0.2) is 24.5 Å². The van der Waals surface area contributed by atoms with Gasteiger partial charge in [-0.25, -0.2) is 9.36 Å². The molecule has 1 atom stereocenters. The summed E-state index contributed by atoms with van der Waals surface area (Å²) < 4.78 is 7.72. The van der Waals surface area contributed by atoms with E-state index in [9.17, 15) is 14.4 Å². The number of urea groups is 1. The number of hydrogen-bond donors (Lipinski definition) is 3. The fraction of sp³-hybridized carbons (Fsp3) is 0.742. The molecule has 0 fully saturated rings. The van der Waals surface area contributed by atoms with Gasteiger partial charge in [-0.15, -0.1) is 0 Å². The second-order valence-corrected chi connectivity index (χ2v) is 11.9. The van der Waals surface area contributed by atoms with Gasteiger partial charge in [0.05, 0.1) is 46.7 Å². The van der Waals surface area contributed by atoms with Gasteiger partial charge in [0.1, 0.15) is 19.2 Å². The highest BCUT2D eigenvalue weighted by molar-refractivity contribution is 5.93. The van der Waals surface area contributed by atoms with Gasteiger partial charge in [-0.05, 0) is 12.5 Å². The Bertz CT molecular complexity index is 856. The van der Waals surface area contributed by atoms with E-state index in [4.69, 9.17) is 4.74 Å². The molecule has 0 saturated heterocycles. The Kier molecular flexibility index (Phi) is 18.7. The Hall–Kier alpha value is -2.68. The van der Waals surface area contributed by atoms with Crippen LogP contribution in [0.3, 0.4) is 0 Å². The lowest BCUT2D eigenvalue weighted by Gasteiger charge is -2.29. The van der Waals surface area contributed by atoms with E-state index in [1.165, 1.54) is 64.2 Å². The number of quaternary nitrogens is 1. The first-order chi connectivity index (χ1) is 19.1. The number of esters is 1. The molecule has 3 N–H and O–H groups in total. The molecule has 1 rings (SSSR count). The summed E-state index contributed by atoms with van der Waals surface area (Å²) in [6.07, 6.45) is 19.0. The largest absolute Gasteiger partial charge is 0.464 e. The van der Waals surface area contributed by atoms with E-state index in [0.717, 1.165) is 12.8 Å². The molecule has 40 heavy (non-hydrogen) atoms. The van der Waals surface area contributed by atoms with Crippen LogP contribution in [0.1, 0.15) is 101 Å². The zero-order valence-corrected chi connectivity index (χ0v) is 25.9. The number of rotatable bonds is 22. The standard InChI is InChI=1S/C31H55N5O4/c1-6-7-8-9-10-11-12-13-14-15-16-17-20-33-31(39)34-28(26-36(3,4)5)24-29(37)40-23-21-32-30(38)27-19-18-22-35(2)25-27/h18-19,22,25,28H,6-17,20-21,23-24,26H2,1-5H3,(H-2,32,33,34,38,39)/p+2/t28-/m1/s1. The van der Waals surface area contributed by atoms with Gasteiger partial charge in [-0.1, -0.05) is 77.6 Å². The first-order valence-corrected chi connectivity index (χ1v) is 15.3. The fourth-order valence-corrected chi connectivity index (χ4v) is 4.64. The van der Waals surface area contributed by atoms with Crippen molar-refractivity contribution in [3.8, 4) is 0 Å². The Morgan fingerprint density at radius 3 is 2.05 bits per heavy atom. The van der Waals surface area contributed by atoms with Gasteiger partial charge in [-0.3, -0.25) is 9.59 Å². The van der Waals surface area contributed by atoms with Crippen molar-refractivity contribution in [2.45, 2.75) is 96.4 Å². The molecule has 0 aliphatic carbocycles. The number of ether oxygens (including phenoxy) is 1. The number of carbonyl (C=O) groups is 3. The van der Waals surface area contributed by atoms with Crippen molar-refractivity contribution in [3.05, 3.63) is 30.1 Å². The van der Waals surface area contributed by atoms with E-state index in [1.807, 2.05) is 34.4 Å². The van der Waals surface area contributed by atoms with Crippen LogP contribution < -0.4 is 20.5 Å². The first kappa shape index (κ1) is 35.3. The molecule has 3 amide bonds. The number of hydrogen-bond acceptors (Lipinski definition) is 4. The lowest BCUT2D eigenvalue weighted by molar-refractivity contribution is -0.871. The van der Waals surface area contributed by atoms with Gasteiger partial charge < -0.3 is 25.2 Å². The molecule has 0 bridgehead atoms. The SMILES string of the molecule is CCCCCCCCCCCCCCNC(=O)N[C@H](CC(=O)OCCNC(=O)c1ccc[n+](C)c1)C[N+](C)(C)C. The van der Waals surface area contributed by atoms with Crippen LogP contribution >= 0.6 is 0 Å². The molecule has 1 aromatic heterocycles. The number of likely N-dealkylation sites (N-methyl/N-ethyl adjacent to an activating group) is 1. The third-order valence-electron chi connectivity index (χ3n) is 6.68. The molecule has 0 unspecified atom stereocenters. The molecular formula is C31H57N5O4+2. The third kappa shape index (κ3) is 19.4. The smallest absolute Gasteiger partial charge is 0.315 e. The minimum atomic E-state index is -0.403. The maximum absolute atomic E-state index is 12.5. The van der Waals surface area contributed by atoms with Gasteiger partial charge in [0.2, 0.25) is 0 Å². The lowest BCUT2D eigenvalue weighted by Crippen LogP contribution is -2.52. The van der Waals surface area contributed by atoms with Gasteiger partial charge in [0.25, 0.3) is 5.91 Å². The summed E-state index contributed by atoms with van der Waals surface area (Å²) in [6.45, 7) is 3.76. The van der Waals surface area contributed by atoms with E-state index < -0.39 is 5.97 Å². The molecule has 0 saturated carbocycles. The first-order valence-electron chi connectivity index (χ1n) is 15.3. The van der Waals surface area contributed by atoms with Crippen LogP contribution in [0, 0.1) is 0 Å². The summed E-state index contributed by atoms with van der Waals surface area (Å²) >= 11 is 0. The molecule has 9 heteroatoms. The quantitative estimate of drug-likeness (QED) is 0.0850. The number of carbonyl (C=O) groups excluding carboxylic acids is 3. The van der Waals surface area contributed by atoms with Gasteiger partial charge >= 0.3 is 12.0 Å². The van der Waals surface area contributed by atoms with Gasteiger partial charge in [0.15, 0.2) is 12.4 Å². The highest BCUT2D eigenvalue weighted by atomic mass is 16.5. The maximum atomic E-state index is 12.5. The van der Waals surface area contributed by atoms with Crippen LogP contribution in [0.5, 0.6) is 0 Å². The predicted octanol–water partition coefficient (Wildman–Crippen LogP) is 4.25. The van der Waals surface area contributed by atoms with Gasteiger partial charge in [-0.2, -0.15) is 0 Å². The monoisotopic (exact) mass is 563 g/mol. The molecule has 0 radical (unpaired) electrons. The third-order valence-corrected chi connectivity index (χ3v) is 6.68. The van der Waals surface area contributed by atoms with E-state index >= 15 is 0 Å². The van der Waals surface area contributed by atoms with Crippen molar-refractivity contribution >= 4 is 17.9 Å². The normalized spacial score (nSPS) is 12.0. The average Bonchev–Trinajstić information content (AvgIpc) is 2.88. The maximum Gasteiger partial charge on any atom is 0.315 e. The Balaban J connectivity index is 2.21. The van der Waals surface area contributed by atoms with E-state index in [2.05, 4.69) is 22.9 Å². The van der Waals surface area contributed by atoms with Crippen LogP contribution in [0.25, 0.3) is 0 Å². The van der Waals surface area contributed by atoms with Crippen LogP contribution in [-0.2, 0) is 16.6 Å². The van der Waals surface area contributed by atoms with Crippen molar-refractivity contribution in [2.75, 3.05) is 47.4 Å². The average molecular weight is 564 g/mol. The van der Waals surface area contributed by atoms with E-state index in [1.54, 1.807) is 22.9 Å². The summed E-state index contributed by atoms with van der Waals surface area (Å²) in [5, 5.41) is 8.63. The van der Waals surface area contributed by atoms with Crippen LogP contribution in [0.2, 0.25) is 0 Å². The molecule has 0 aliphatic heterocycles. The number of pyridine rings is 1. The number of aromatic nitrogens is 1. The van der Waals surface area contributed by atoms with Crippen LogP contribution in [0.4, 0.5) is 4.79 Å². The predicted molar refractivity (Wildman–Crippen MR) is 160 cm³/mol. The summed E-state index contributed by atoms with van der Waals surface area (Å²) in [4.78, 5) is 37.1. The van der Waals surface area contributed by atoms with Gasteiger partial charge in [0, 0.05) is 12.6 Å². The number of nitrogens with zero attached hydrogens (tertiary/aromatic N) is 2. The van der Waals surface area contributed by atoms with Crippen molar-refractivity contribution in [1.29, 1.82) is 0 Å². The summed E-state index contributed by atoms with van der Waals surface area (Å²) in [6, 6.07) is 2.92. The van der Waals surface area contributed by atoms with E-state index in [0.29, 0.717) is 23.1 Å². The van der Waals surface area contributed by atoms with Crippen molar-refractivity contribution in [1.82, 2.24) is 16.0 Å². The topological polar surface area (TPSA) is 100 Å². The Morgan fingerprint density at radius 1 is 0.875 bits per heavy atom. The summed E-state index contributed by atoms with van der Waals surface area (Å²) in [5.41, 5.74) is 0.540. The lowest BCUT2D eigenvalue weighted by atomic mass is 10.1. The zero-order valence-electron chi connectivity index (χ0n) is 25.9. The second kappa shape index (κ2) is 21.1. The number of unbranched alkanes of at least 4 members (excludes halogenated alkanes) is 11. The van der Waals surface area contributed by atoms with E-state index in [-0.39, 0.29) is 37.6 Å².